The third kappa shape index (κ3) is 2.68. The summed E-state index contributed by atoms with van der Waals surface area (Å²) in [5.74, 6) is -1.28. The van der Waals surface area contributed by atoms with Gasteiger partial charge in [0.1, 0.15) is 0 Å². The van der Waals surface area contributed by atoms with Crippen molar-refractivity contribution < 1.29 is 23.6 Å². The van der Waals surface area contributed by atoms with Gasteiger partial charge in [0.05, 0.1) is 20.8 Å². The Labute approximate surface area is 115 Å². The fraction of sp³-hybridized carbons (Fsp3) is 0.833. The first-order chi connectivity index (χ1) is 8.53. The summed E-state index contributed by atoms with van der Waals surface area (Å²) in [5.41, 5.74) is -1.42. The lowest BCUT2D eigenvalue weighted by Crippen LogP contribution is -2.47. The van der Waals surface area contributed by atoms with Crippen LogP contribution >= 0.6 is 0 Å². The van der Waals surface area contributed by atoms with Gasteiger partial charge in [-0.1, -0.05) is 20.8 Å². The molecule has 6 nitrogen and oxygen atoms in total. The smallest absolute Gasteiger partial charge is 0.341 e. The molecule has 0 N–H and O–H groups in total. The first-order valence-corrected chi connectivity index (χ1v) is 9.07. The van der Waals surface area contributed by atoms with E-state index in [0.717, 1.165) is 0 Å². The monoisotopic (exact) mass is 289 g/mol. The molecule has 1 unspecified atom stereocenters. The first-order valence-electron chi connectivity index (χ1n) is 6.16. The fourth-order valence-corrected chi connectivity index (χ4v) is 2.49. The van der Waals surface area contributed by atoms with Gasteiger partial charge in [-0.25, -0.2) is 9.59 Å². The van der Waals surface area contributed by atoms with Gasteiger partial charge in [0, 0.05) is 0 Å². The average Bonchev–Trinajstić information content (AvgIpc) is 3.00. The molecule has 0 bridgehead atoms. The second-order valence-corrected chi connectivity index (χ2v) is 10.9. The largest absolute Gasteiger partial charge is 0.467 e. The van der Waals surface area contributed by atoms with Crippen LogP contribution in [0.5, 0.6) is 0 Å². The zero-order chi connectivity index (χ0) is 15.1. The van der Waals surface area contributed by atoms with E-state index in [2.05, 4.69) is 30.2 Å². The van der Waals surface area contributed by atoms with Crippen LogP contribution in [-0.2, 0) is 23.6 Å². The number of rotatable bonds is 4. The van der Waals surface area contributed by atoms with E-state index in [0.29, 0.717) is 0 Å². The van der Waals surface area contributed by atoms with Crippen LogP contribution in [0.3, 0.4) is 0 Å². The van der Waals surface area contributed by atoms with Crippen molar-refractivity contribution in [1.82, 2.24) is 5.06 Å². The summed E-state index contributed by atoms with van der Waals surface area (Å²) >= 11 is 0. The molecule has 19 heavy (non-hydrogen) atoms. The molecule has 1 aliphatic heterocycles. The summed E-state index contributed by atoms with van der Waals surface area (Å²) in [5, 5.41) is 1.37. The van der Waals surface area contributed by atoms with E-state index >= 15 is 0 Å². The number of carbonyl (C=O) groups is 2. The molecule has 0 aliphatic carbocycles. The predicted molar refractivity (Wildman–Crippen MR) is 71.8 cm³/mol. The summed E-state index contributed by atoms with van der Waals surface area (Å²) in [6, 6.07) is 0. The van der Waals surface area contributed by atoms with Crippen molar-refractivity contribution in [3.05, 3.63) is 0 Å². The van der Waals surface area contributed by atoms with Gasteiger partial charge in [-0.05, 0) is 18.1 Å². The van der Waals surface area contributed by atoms with E-state index in [1.54, 1.807) is 0 Å². The third-order valence-electron chi connectivity index (χ3n) is 3.89. The van der Waals surface area contributed by atoms with Gasteiger partial charge in [-0.3, -0.25) is 0 Å². The Hall–Kier alpha value is -0.923. The average molecular weight is 289 g/mol. The normalized spacial score (nSPS) is 21.7. The number of hydrogen-bond donors (Lipinski definition) is 0. The number of hydrogen-bond acceptors (Lipinski definition) is 6. The number of carbonyl (C=O) groups excluding carboxylic acids is 2. The minimum atomic E-state index is -2.10. The lowest BCUT2D eigenvalue weighted by molar-refractivity contribution is -0.163. The molecule has 1 saturated heterocycles. The Morgan fingerprint density at radius 1 is 1.11 bits per heavy atom. The van der Waals surface area contributed by atoms with E-state index in [9.17, 15) is 9.59 Å². The highest BCUT2D eigenvalue weighted by atomic mass is 28.4. The molecule has 0 spiro atoms. The highest BCUT2D eigenvalue weighted by Gasteiger charge is 2.69. The van der Waals surface area contributed by atoms with E-state index in [1.165, 1.54) is 19.3 Å². The maximum Gasteiger partial charge on any atom is 0.341 e. The number of hydroxylamine groups is 2. The SMILES string of the molecule is COC(=O)C1(C(=O)OC)CN1O[Si](C)(C)C(C)(C)C. The van der Waals surface area contributed by atoms with Crippen LogP contribution < -0.4 is 0 Å². The lowest BCUT2D eigenvalue weighted by Gasteiger charge is -2.36. The molecule has 1 rings (SSSR count). The van der Waals surface area contributed by atoms with Crippen LogP contribution in [0.15, 0.2) is 0 Å². The van der Waals surface area contributed by atoms with Crippen molar-refractivity contribution in [1.29, 1.82) is 0 Å². The van der Waals surface area contributed by atoms with Crippen molar-refractivity contribution in [3.63, 3.8) is 0 Å². The Kier molecular flexibility index (Phi) is 4.14. The van der Waals surface area contributed by atoms with Crippen molar-refractivity contribution in [3.8, 4) is 0 Å². The molecule has 0 radical (unpaired) electrons. The van der Waals surface area contributed by atoms with Crippen molar-refractivity contribution in [2.75, 3.05) is 20.8 Å². The molecule has 1 aliphatic rings. The Morgan fingerprint density at radius 3 is 1.84 bits per heavy atom. The molecule has 0 aromatic heterocycles. The molecule has 0 aromatic rings. The quantitative estimate of drug-likeness (QED) is 0.337. The van der Waals surface area contributed by atoms with E-state index in [1.807, 2.05) is 13.1 Å². The highest BCUT2D eigenvalue weighted by molar-refractivity contribution is 6.74. The van der Waals surface area contributed by atoms with Crippen LogP contribution in [0.25, 0.3) is 0 Å². The van der Waals surface area contributed by atoms with Gasteiger partial charge in [-0.2, -0.15) is 5.06 Å². The summed E-state index contributed by atoms with van der Waals surface area (Å²) in [6.07, 6.45) is 0. The molecule has 0 amide bonds. The molecular formula is C12H23NO5Si. The molecule has 1 fully saturated rings. The summed E-state index contributed by atoms with van der Waals surface area (Å²) in [7, 11) is 0.391. The van der Waals surface area contributed by atoms with Crippen molar-refractivity contribution in [2.45, 2.75) is 44.4 Å². The molecule has 1 atom stereocenters. The number of methoxy groups -OCH3 is 2. The summed E-state index contributed by atoms with van der Waals surface area (Å²) < 4.78 is 15.3. The molecule has 0 aromatic carbocycles. The molecule has 7 heteroatoms. The number of ether oxygens (including phenoxy) is 2. The van der Waals surface area contributed by atoms with Gasteiger partial charge in [0.2, 0.25) is 8.32 Å². The van der Waals surface area contributed by atoms with Gasteiger partial charge < -0.3 is 14.0 Å². The zero-order valence-corrected chi connectivity index (χ0v) is 13.7. The van der Waals surface area contributed by atoms with Crippen LogP contribution in [0.2, 0.25) is 18.1 Å². The molecular weight excluding hydrogens is 266 g/mol. The summed E-state index contributed by atoms with van der Waals surface area (Å²) in [6.45, 7) is 10.5. The second kappa shape index (κ2) is 4.88. The minimum Gasteiger partial charge on any atom is -0.467 e. The third-order valence-corrected chi connectivity index (χ3v) is 8.17. The van der Waals surface area contributed by atoms with Crippen molar-refractivity contribution >= 4 is 20.3 Å². The molecule has 1 heterocycles. The molecule has 110 valence electrons. The van der Waals surface area contributed by atoms with Gasteiger partial charge in [0.25, 0.3) is 5.54 Å². The van der Waals surface area contributed by atoms with Gasteiger partial charge >= 0.3 is 11.9 Å². The first kappa shape index (κ1) is 16.1. The van der Waals surface area contributed by atoms with Gasteiger partial charge in [0.15, 0.2) is 0 Å². The van der Waals surface area contributed by atoms with Crippen LogP contribution in [-0.4, -0.2) is 51.6 Å². The van der Waals surface area contributed by atoms with E-state index < -0.39 is 25.8 Å². The van der Waals surface area contributed by atoms with E-state index in [4.69, 9.17) is 4.53 Å². The topological polar surface area (TPSA) is 64.8 Å². The van der Waals surface area contributed by atoms with Gasteiger partial charge in [-0.15, -0.1) is 0 Å². The maximum atomic E-state index is 11.8. The van der Waals surface area contributed by atoms with Crippen LogP contribution in [0.1, 0.15) is 20.8 Å². The van der Waals surface area contributed by atoms with Crippen LogP contribution in [0, 0.1) is 0 Å². The Bertz CT molecular complexity index is 372. The highest BCUT2D eigenvalue weighted by Crippen LogP contribution is 2.43. The summed E-state index contributed by atoms with van der Waals surface area (Å²) in [4.78, 5) is 23.6. The van der Waals surface area contributed by atoms with E-state index in [-0.39, 0.29) is 11.6 Å². The Balaban J connectivity index is 2.89. The fourth-order valence-electron chi connectivity index (χ4n) is 1.45. The zero-order valence-electron chi connectivity index (χ0n) is 12.7. The predicted octanol–water partition coefficient (Wildman–Crippen LogP) is 1.32. The number of esters is 2. The Morgan fingerprint density at radius 2 is 1.53 bits per heavy atom. The van der Waals surface area contributed by atoms with Crippen molar-refractivity contribution in [2.24, 2.45) is 0 Å². The number of nitrogens with zero attached hydrogens (tertiary/aromatic N) is 1. The maximum absolute atomic E-state index is 11.8. The van der Waals surface area contributed by atoms with Crippen LogP contribution in [0.4, 0.5) is 0 Å². The standard InChI is InChI=1S/C12H23NO5Si/c1-11(2,3)19(6,7)18-13-8-12(13,9(14)16-4)10(15)17-5/h8H2,1-7H3. The second-order valence-electron chi connectivity index (χ2n) is 6.23. The lowest BCUT2D eigenvalue weighted by atomic mass is 10.1. The molecule has 0 saturated carbocycles. The minimum absolute atomic E-state index is 0.0203.